The highest BCUT2D eigenvalue weighted by Gasteiger charge is 2.30. The van der Waals surface area contributed by atoms with Gasteiger partial charge in [0, 0.05) is 37.6 Å². The summed E-state index contributed by atoms with van der Waals surface area (Å²) in [6.45, 7) is 1.10. The summed E-state index contributed by atoms with van der Waals surface area (Å²) in [5, 5.41) is 8.25. The van der Waals surface area contributed by atoms with Gasteiger partial charge in [-0.05, 0) is 36.8 Å². The lowest BCUT2D eigenvalue weighted by Crippen LogP contribution is -2.32. The lowest BCUT2D eigenvalue weighted by atomic mass is 10.1. The molecular weight excluding hydrogens is 396 g/mol. The van der Waals surface area contributed by atoms with Gasteiger partial charge in [0.2, 0.25) is 0 Å². The molecule has 0 spiro atoms. The highest BCUT2D eigenvalue weighted by molar-refractivity contribution is 7.80. The van der Waals surface area contributed by atoms with Crippen molar-refractivity contribution in [1.82, 2.24) is 20.0 Å². The average Bonchev–Trinajstić information content (AvgIpc) is 3.31. The molecule has 0 saturated carbocycles. The van der Waals surface area contributed by atoms with Gasteiger partial charge in [-0.15, -0.1) is 0 Å². The van der Waals surface area contributed by atoms with E-state index in [0.29, 0.717) is 24.0 Å². The zero-order valence-corrected chi connectivity index (χ0v) is 17.4. The van der Waals surface area contributed by atoms with Gasteiger partial charge in [0.1, 0.15) is 11.4 Å². The van der Waals surface area contributed by atoms with Crippen LogP contribution in [0.25, 0.3) is 23.0 Å². The van der Waals surface area contributed by atoms with Crippen LogP contribution in [-0.2, 0) is 9.53 Å². The first kappa shape index (κ1) is 20.0. The Morgan fingerprint density at radius 1 is 1.10 bits per heavy atom. The van der Waals surface area contributed by atoms with Gasteiger partial charge in [-0.2, -0.15) is 5.10 Å². The second-order valence-electron chi connectivity index (χ2n) is 6.87. The quantitative estimate of drug-likeness (QED) is 0.361. The zero-order chi connectivity index (χ0) is 20.9. The zero-order valence-electron chi connectivity index (χ0n) is 16.6. The van der Waals surface area contributed by atoms with Crippen LogP contribution in [0.4, 0.5) is 0 Å². The van der Waals surface area contributed by atoms with Crippen LogP contribution in [0.15, 0.2) is 72.6 Å². The number of hydrogen-bond donors (Lipinski definition) is 1. The molecule has 2 aromatic carbocycles. The molecule has 0 aliphatic carbocycles. The maximum atomic E-state index is 12.9. The van der Waals surface area contributed by atoms with Crippen molar-refractivity contribution in [1.29, 1.82) is 0 Å². The smallest absolute Gasteiger partial charge is 0.276 e. The third-order valence-electron chi connectivity index (χ3n) is 4.80. The van der Waals surface area contributed by atoms with Crippen molar-refractivity contribution < 1.29 is 9.53 Å². The Kier molecular flexibility index (Phi) is 6.02. The number of nitrogens with one attached hydrogen (secondary N) is 1. The van der Waals surface area contributed by atoms with E-state index < -0.39 is 0 Å². The summed E-state index contributed by atoms with van der Waals surface area (Å²) >= 11 is 5.36. The normalized spacial score (nSPS) is 15.1. The van der Waals surface area contributed by atoms with Crippen LogP contribution in [-0.4, -0.2) is 46.0 Å². The number of para-hydroxylation sites is 1. The van der Waals surface area contributed by atoms with Gasteiger partial charge < -0.3 is 10.1 Å². The first-order valence-electron chi connectivity index (χ1n) is 9.71. The molecule has 1 amide bonds. The van der Waals surface area contributed by atoms with Gasteiger partial charge in [0.05, 0.1) is 5.69 Å². The lowest BCUT2D eigenvalue weighted by molar-refractivity contribution is -0.122. The Labute approximate surface area is 180 Å². The van der Waals surface area contributed by atoms with Crippen molar-refractivity contribution in [2.24, 2.45) is 0 Å². The molecule has 0 atom stereocenters. The largest absolute Gasteiger partial charge is 0.385 e. The molecule has 1 aromatic heterocycles. The Bertz CT molecular complexity index is 1080. The van der Waals surface area contributed by atoms with Crippen LogP contribution in [0, 0.1) is 0 Å². The van der Waals surface area contributed by atoms with Crippen molar-refractivity contribution in [2.75, 3.05) is 20.3 Å². The number of aromatic nitrogens is 2. The lowest BCUT2D eigenvalue weighted by Gasteiger charge is -2.12. The van der Waals surface area contributed by atoms with E-state index in [2.05, 4.69) is 5.32 Å². The number of hydrogen-bond acceptors (Lipinski definition) is 4. The number of nitrogens with zero attached hydrogens (tertiary/aromatic N) is 3. The molecule has 0 unspecified atom stereocenters. The number of carbonyl (C=O) groups is 1. The Balaban J connectivity index is 1.70. The summed E-state index contributed by atoms with van der Waals surface area (Å²) < 4.78 is 6.90. The summed E-state index contributed by atoms with van der Waals surface area (Å²) in [6.07, 6.45) is 4.47. The number of rotatable bonds is 7. The molecule has 1 fully saturated rings. The maximum absolute atomic E-state index is 12.9. The SMILES string of the molecule is COCCCN1C(=O)/C(=C\c2cn(-c3ccccc3)nc2-c2ccccc2)NC1=S. The third-order valence-corrected chi connectivity index (χ3v) is 5.13. The summed E-state index contributed by atoms with van der Waals surface area (Å²) in [7, 11) is 1.64. The minimum atomic E-state index is -0.137. The Morgan fingerprint density at radius 2 is 1.80 bits per heavy atom. The molecule has 6 nitrogen and oxygen atoms in total. The molecule has 0 radical (unpaired) electrons. The number of carbonyl (C=O) groups excluding carboxylic acids is 1. The van der Waals surface area contributed by atoms with E-state index in [9.17, 15) is 4.79 Å². The molecule has 3 aromatic rings. The van der Waals surface area contributed by atoms with Gasteiger partial charge >= 0.3 is 0 Å². The van der Waals surface area contributed by atoms with Crippen LogP contribution in [0.2, 0.25) is 0 Å². The minimum Gasteiger partial charge on any atom is -0.385 e. The standard InChI is InChI=1S/C23H22N4O2S/c1-29-14-8-13-26-22(28)20(24-23(26)30)15-18-16-27(19-11-6-3-7-12-19)25-21(18)17-9-4-2-5-10-17/h2-7,9-12,15-16H,8,13-14H2,1H3,(H,24,30)/b20-15+. The summed E-state index contributed by atoms with van der Waals surface area (Å²) in [6, 6.07) is 19.8. The minimum absolute atomic E-state index is 0.137. The highest BCUT2D eigenvalue weighted by atomic mass is 32.1. The van der Waals surface area contributed by atoms with Crippen LogP contribution in [0.3, 0.4) is 0 Å². The molecule has 1 saturated heterocycles. The van der Waals surface area contributed by atoms with E-state index >= 15 is 0 Å². The summed E-state index contributed by atoms with van der Waals surface area (Å²) in [5.74, 6) is -0.137. The van der Waals surface area contributed by atoms with Gasteiger partial charge in [-0.3, -0.25) is 9.69 Å². The van der Waals surface area contributed by atoms with Gasteiger partial charge in [0.25, 0.3) is 5.91 Å². The van der Waals surface area contributed by atoms with E-state index in [1.54, 1.807) is 12.0 Å². The fourth-order valence-electron chi connectivity index (χ4n) is 3.32. The molecule has 1 aliphatic rings. The van der Waals surface area contributed by atoms with Crippen molar-refractivity contribution >= 4 is 29.3 Å². The first-order chi connectivity index (χ1) is 14.7. The number of ether oxygens (including phenoxy) is 1. The Morgan fingerprint density at radius 3 is 2.50 bits per heavy atom. The van der Waals surface area contributed by atoms with Gasteiger partial charge in [-0.1, -0.05) is 48.5 Å². The Hall–Kier alpha value is -3.29. The second-order valence-corrected chi connectivity index (χ2v) is 7.26. The van der Waals surface area contributed by atoms with Gasteiger partial charge in [-0.25, -0.2) is 4.68 Å². The summed E-state index contributed by atoms with van der Waals surface area (Å²) in [4.78, 5) is 14.5. The molecule has 2 heterocycles. The van der Waals surface area contributed by atoms with Crippen molar-refractivity contribution in [2.45, 2.75) is 6.42 Å². The fraction of sp³-hybridized carbons (Fsp3) is 0.174. The molecule has 30 heavy (non-hydrogen) atoms. The monoisotopic (exact) mass is 418 g/mol. The number of benzene rings is 2. The molecular formula is C23H22N4O2S. The number of thiocarbonyl (C=S) groups is 1. The van der Waals surface area contributed by atoms with E-state index in [0.717, 1.165) is 28.9 Å². The molecule has 1 N–H and O–H groups in total. The van der Waals surface area contributed by atoms with E-state index in [4.69, 9.17) is 22.1 Å². The van der Waals surface area contributed by atoms with E-state index in [-0.39, 0.29) is 5.91 Å². The first-order valence-corrected chi connectivity index (χ1v) is 10.1. The maximum Gasteiger partial charge on any atom is 0.276 e. The third kappa shape index (κ3) is 4.17. The van der Waals surface area contributed by atoms with Crippen molar-refractivity contribution in [3.63, 3.8) is 0 Å². The number of amides is 1. The van der Waals surface area contributed by atoms with Gasteiger partial charge in [0.15, 0.2) is 5.11 Å². The highest BCUT2D eigenvalue weighted by Crippen LogP contribution is 2.26. The van der Waals surface area contributed by atoms with E-state index in [1.807, 2.05) is 77.6 Å². The van der Waals surface area contributed by atoms with Crippen LogP contribution < -0.4 is 5.32 Å². The van der Waals surface area contributed by atoms with Crippen molar-refractivity contribution in [3.05, 3.63) is 78.1 Å². The average molecular weight is 419 g/mol. The fourth-order valence-corrected chi connectivity index (χ4v) is 3.61. The number of methoxy groups -OCH3 is 1. The second kappa shape index (κ2) is 9.02. The van der Waals surface area contributed by atoms with Crippen LogP contribution in [0.1, 0.15) is 12.0 Å². The van der Waals surface area contributed by atoms with Crippen LogP contribution in [0.5, 0.6) is 0 Å². The van der Waals surface area contributed by atoms with Crippen molar-refractivity contribution in [3.8, 4) is 16.9 Å². The van der Waals surface area contributed by atoms with Crippen LogP contribution >= 0.6 is 12.2 Å². The topological polar surface area (TPSA) is 59.4 Å². The summed E-state index contributed by atoms with van der Waals surface area (Å²) in [5.41, 5.74) is 4.00. The predicted molar refractivity (Wildman–Crippen MR) is 121 cm³/mol. The predicted octanol–water partition coefficient (Wildman–Crippen LogP) is 3.63. The molecule has 0 bridgehead atoms. The van der Waals surface area contributed by atoms with E-state index in [1.165, 1.54) is 0 Å². The molecule has 1 aliphatic heterocycles. The molecule has 152 valence electrons. The molecule has 7 heteroatoms. The molecule has 4 rings (SSSR count).